The predicted octanol–water partition coefficient (Wildman–Crippen LogP) is 2.70. The van der Waals surface area contributed by atoms with Gasteiger partial charge in [-0.25, -0.2) is 4.79 Å². The summed E-state index contributed by atoms with van der Waals surface area (Å²) in [5.41, 5.74) is 1.19. The van der Waals surface area contributed by atoms with E-state index in [1.54, 1.807) is 11.9 Å². The monoisotopic (exact) mass is 306 g/mol. The summed E-state index contributed by atoms with van der Waals surface area (Å²) >= 11 is 1.34. The number of rotatable bonds is 5. The van der Waals surface area contributed by atoms with Crippen LogP contribution >= 0.6 is 11.3 Å². The van der Waals surface area contributed by atoms with E-state index in [9.17, 15) is 4.79 Å². The molecule has 0 saturated heterocycles. The lowest BCUT2D eigenvalue weighted by atomic mass is 10.2. The number of hydrogen-bond donors (Lipinski definition) is 1. The molecule has 0 aliphatic heterocycles. The van der Waals surface area contributed by atoms with Gasteiger partial charge in [0, 0.05) is 7.05 Å². The second-order valence-corrected chi connectivity index (χ2v) is 5.82. The molecule has 2 aromatic rings. The van der Waals surface area contributed by atoms with Gasteiger partial charge in [-0.15, -0.1) is 10.2 Å². The van der Waals surface area contributed by atoms with Gasteiger partial charge in [-0.3, -0.25) is 5.32 Å². The van der Waals surface area contributed by atoms with E-state index in [0.29, 0.717) is 18.3 Å². The minimum Gasteiger partial charge on any atom is -0.492 e. The predicted molar refractivity (Wildman–Crippen MR) is 83.0 cm³/mol. The third-order valence-electron chi connectivity index (χ3n) is 2.80. The lowest BCUT2D eigenvalue weighted by Crippen LogP contribution is -2.34. The van der Waals surface area contributed by atoms with E-state index in [0.717, 1.165) is 10.8 Å². The zero-order chi connectivity index (χ0) is 15.2. The minimum absolute atomic E-state index is 0.223. The van der Waals surface area contributed by atoms with E-state index in [-0.39, 0.29) is 6.03 Å². The first-order valence-corrected chi connectivity index (χ1v) is 7.38. The molecule has 112 valence electrons. The molecule has 2 amide bonds. The molecule has 21 heavy (non-hydrogen) atoms. The van der Waals surface area contributed by atoms with E-state index < -0.39 is 0 Å². The van der Waals surface area contributed by atoms with Crippen molar-refractivity contribution in [3.8, 4) is 5.75 Å². The van der Waals surface area contributed by atoms with Crippen LogP contribution in [0.2, 0.25) is 0 Å². The maximum absolute atomic E-state index is 11.9. The summed E-state index contributed by atoms with van der Waals surface area (Å²) in [6.07, 6.45) is 0. The number of anilines is 1. The van der Waals surface area contributed by atoms with Gasteiger partial charge in [0.05, 0.1) is 6.54 Å². The average Bonchev–Trinajstić information content (AvgIpc) is 2.86. The smallest absolute Gasteiger partial charge is 0.323 e. The van der Waals surface area contributed by atoms with Crippen molar-refractivity contribution in [1.29, 1.82) is 0 Å². The molecule has 0 radical (unpaired) electrons. The van der Waals surface area contributed by atoms with Crippen LogP contribution in [-0.4, -0.2) is 41.3 Å². The number of urea groups is 1. The van der Waals surface area contributed by atoms with E-state index in [1.165, 1.54) is 16.9 Å². The molecule has 0 spiro atoms. The van der Waals surface area contributed by atoms with Gasteiger partial charge < -0.3 is 9.64 Å². The summed E-state index contributed by atoms with van der Waals surface area (Å²) < 4.78 is 5.59. The van der Waals surface area contributed by atoms with Crippen LogP contribution in [0, 0.1) is 13.8 Å². The first kappa shape index (κ1) is 15.2. The third kappa shape index (κ3) is 4.71. The van der Waals surface area contributed by atoms with Gasteiger partial charge in [-0.2, -0.15) is 0 Å². The summed E-state index contributed by atoms with van der Waals surface area (Å²) in [6, 6.07) is 7.59. The Morgan fingerprint density at radius 2 is 2.00 bits per heavy atom. The standard InChI is InChI=1S/C14H18N4O2S/c1-10-4-6-12(7-5-10)20-9-8-18(3)14(19)15-13-17-16-11(2)21-13/h4-7H,8-9H2,1-3H3,(H,15,17,19). The molecule has 1 aromatic carbocycles. The normalized spacial score (nSPS) is 10.2. The number of aryl methyl sites for hydroxylation is 2. The number of benzene rings is 1. The van der Waals surface area contributed by atoms with E-state index >= 15 is 0 Å². The van der Waals surface area contributed by atoms with Crippen molar-refractivity contribution in [2.45, 2.75) is 13.8 Å². The Labute approximate surface area is 127 Å². The molecule has 0 unspecified atom stereocenters. The maximum atomic E-state index is 11.9. The number of amides is 2. The van der Waals surface area contributed by atoms with Gasteiger partial charge >= 0.3 is 6.03 Å². The van der Waals surface area contributed by atoms with E-state index in [2.05, 4.69) is 15.5 Å². The molecule has 0 saturated carbocycles. The number of hydrogen-bond acceptors (Lipinski definition) is 5. The molecule has 0 aliphatic rings. The fraction of sp³-hybridized carbons (Fsp3) is 0.357. The summed E-state index contributed by atoms with van der Waals surface area (Å²) in [4.78, 5) is 13.5. The third-order valence-corrected chi connectivity index (χ3v) is 3.56. The van der Waals surface area contributed by atoms with Crippen molar-refractivity contribution in [3.05, 3.63) is 34.8 Å². The van der Waals surface area contributed by atoms with Crippen molar-refractivity contribution >= 4 is 22.5 Å². The summed E-state index contributed by atoms with van der Waals surface area (Å²) in [6.45, 7) is 4.78. The Bertz CT molecular complexity index is 597. The van der Waals surface area contributed by atoms with Crippen LogP contribution in [0.15, 0.2) is 24.3 Å². The van der Waals surface area contributed by atoms with Gasteiger partial charge in [-0.1, -0.05) is 29.0 Å². The quantitative estimate of drug-likeness (QED) is 0.922. The molecule has 0 bridgehead atoms. The van der Waals surface area contributed by atoms with Gasteiger partial charge in [-0.05, 0) is 26.0 Å². The first-order valence-electron chi connectivity index (χ1n) is 6.56. The Morgan fingerprint density at radius 1 is 1.29 bits per heavy atom. The topological polar surface area (TPSA) is 67.3 Å². The molecule has 0 atom stereocenters. The van der Waals surface area contributed by atoms with Gasteiger partial charge in [0.2, 0.25) is 5.13 Å². The molecular formula is C14H18N4O2S. The second-order valence-electron chi connectivity index (χ2n) is 4.64. The number of ether oxygens (including phenoxy) is 1. The highest BCUT2D eigenvalue weighted by atomic mass is 32.1. The Kier molecular flexibility index (Phi) is 5.10. The highest BCUT2D eigenvalue weighted by Gasteiger charge is 2.11. The number of nitrogens with zero attached hydrogens (tertiary/aromatic N) is 3. The number of carbonyl (C=O) groups is 1. The number of nitrogens with one attached hydrogen (secondary N) is 1. The highest BCUT2D eigenvalue weighted by Crippen LogP contribution is 2.14. The van der Waals surface area contributed by atoms with Crippen molar-refractivity contribution in [2.75, 3.05) is 25.5 Å². The van der Waals surface area contributed by atoms with E-state index in [4.69, 9.17) is 4.74 Å². The fourth-order valence-corrected chi connectivity index (χ4v) is 2.15. The number of carbonyl (C=O) groups excluding carboxylic acids is 1. The molecule has 1 N–H and O–H groups in total. The van der Waals surface area contributed by atoms with E-state index in [1.807, 2.05) is 38.1 Å². The fourth-order valence-electron chi connectivity index (χ4n) is 1.57. The first-order chi connectivity index (χ1) is 10.0. The molecule has 1 heterocycles. The molecule has 2 rings (SSSR count). The Balaban J connectivity index is 1.74. The van der Waals surface area contributed by atoms with Crippen molar-refractivity contribution < 1.29 is 9.53 Å². The van der Waals surface area contributed by atoms with Crippen LogP contribution in [0.5, 0.6) is 5.75 Å². The highest BCUT2D eigenvalue weighted by molar-refractivity contribution is 7.15. The molecule has 6 nitrogen and oxygen atoms in total. The SMILES string of the molecule is Cc1ccc(OCCN(C)C(=O)Nc2nnc(C)s2)cc1. The molecule has 0 fully saturated rings. The lowest BCUT2D eigenvalue weighted by Gasteiger charge is -2.17. The van der Waals surface area contributed by atoms with Crippen LogP contribution in [0.1, 0.15) is 10.6 Å². The van der Waals surface area contributed by atoms with Crippen molar-refractivity contribution in [1.82, 2.24) is 15.1 Å². The Hall–Kier alpha value is -2.15. The lowest BCUT2D eigenvalue weighted by molar-refractivity contribution is 0.207. The molecule has 1 aromatic heterocycles. The molecule has 7 heteroatoms. The summed E-state index contributed by atoms with van der Waals surface area (Å²) in [7, 11) is 1.71. The second kappa shape index (κ2) is 7.03. The van der Waals surface area contributed by atoms with Crippen LogP contribution in [-0.2, 0) is 0 Å². The van der Waals surface area contributed by atoms with Crippen molar-refractivity contribution in [2.24, 2.45) is 0 Å². The average molecular weight is 306 g/mol. The number of aromatic nitrogens is 2. The van der Waals surface area contributed by atoms with Crippen LogP contribution in [0.25, 0.3) is 0 Å². The van der Waals surface area contributed by atoms with Crippen LogP contribution < -0.4 is 10.1 Å². The molecular weight excluding hydrogens is 288 g/mol. The zero-order valence-electron chi connectivity index (χ0n) is 12.3. The molecule has 0 aliphatic carbocycles. The summed E-state index contributed by atoms with van der Waals surface area (Å²) in [5.74, 6) is 0.800. The van der Waals surface area contributed by atoms with Crippen molar-refractivity contribution in [3.63, 3.8) is 0 Å². The number of likely N-dealkylation sites (N-methyl/N-ethyl adjacent to an activating group) is 1. The van der Waals surface area contributed by atoms with Gasteiger partial charge in [0.25, 0.3) is 0 Å². The zero-order valence-corrected chi connectivity index (χ0v) is 13.1. The van der Waals surface area contributed by atoms with Gasteiger partial charge in [0.1, 0.15) is 17.4 Å². The largest absolute Gasteiger partial charge is 0.492 e. The van der Waals surface area contributed by atoms with Crippen LogP contribution in [0.3, 0.4) is 0 Å². The van der Waals surface area contributed by atoms with Gasteiger partial charge in [0.15, 0.2) is 0 Å². The Morgan fingerprint density at radius 3 is 2.62 bits per heavy atom. The summed E-state index contributed by atoms with van der Waals surface area (Å²) in [5, 5.41) is 11.7. The van der Waals surface area contributed by atoms with Crippen LogP contribution in [0.4, 0.5) is 9.93 Å². The minimum atomic E-state index is -0.223. The maximum Gasteiger partial charge on any atom is 0.323 e.